The number of pyridine rings is 1. The van der Waals surface area contributed by atoms with Crippen LogP contribution in [0.5, 0.6) is 5.75 Å². The van der Waals surface area contributed by atoms with Crippen LogP contribution in [-0.4, -0.2) is 11.6 Å². The third-order valence-electron chi connectivity index (χ3n) is 2.42. The van der Waals surface area contributed by atoms with Crippen molar-refractivity contribution >= 4 is 17.4 Å². The lowest BCUT2D eigenvalue weighted by Gasteiger charge is -2.10. The monoisotopic (exact) mass is 296 g/mol. The molecule has 6 heteroatoms. The number of nitrogens with two attached hydrogens (primary N) is 1. The SMILES string of the molecule is CCCOc1cccnc1Sc1c(F)cc(N)cc1F. The van der Waals surface area contributed by atoms with Gasteiger partial charge in [-0.3, -0.25) is 0 Å². The highest BCUT2D eigenvalue weighted by molar-refractivity contribution is 7.99. The molecule has 3 nitrogen and oxygen atoms in total. The van der Waals surface area contributed by atoms with Crippen LogP contribution in [0.15, 0.2) is 40.4 Å². The summed E-state index contributed by atoms with van der Waals surface area (Å²) in [4.78, 5) is 3.97. The molecule has 0 amide bonds. The van der Waals surface area contributed by atoms with Gasteiger partial charge < -0.3 is 10.5 Å². The summed E-state index contributed by atoms with van der Waals surface area (Å²) in [5, 5.41) is 0.420. The van der Waals surface area contributed by atoms with Crippen molar-refractivity contribution in [2.24, 2.45) is 0 Å². The van der Waals surface area contributed by atoms with Gasteiger partial charge in [-0.2, -0.15) is 0 Å². The fraction of sp³-hybridized carbons (Fsp3) is 0.214. The molecule has 0 bridgehead atoms. The number of halogens is 2. The number of nitrogens with zero attached hydrogens (tertiary/aromatic N) is 1. The Morgan fingerprint density at radius 1 is 1.30 bits per heavy atom. The summed E-state index contributed by atoms with van der Waals surface area (Å²) in [7, 11) is 0. The molecular formula is C14H14F2N2OS. The molecule has 0 saturated heterocycles. The van der Waals surface area contributed by atoms with E-state index in [9.17, 15) is 8.78 Å². The van der Waals surface area contributed by atoms with Crippen molar-refractivity contribution in [2.75, 3.05) is 12.3 Å². The van der Waals surface area contributed by atoms with E-state index in [1.807, 2.05) is 6.92 Å². The Hall–Kier alpha value is -1.82. The number of benzene rings is 1. The van der Waals surface area contributed by atoms with Crippen LogP contribution in [0.25, 0.3) is 0 Å². The Balaban J connectivity index is 2.30. The second-order valence-electron chi connectivity index (χ2n) is 4.07. The van der Waals surface area contributed by atoms with E-state index in [1.54, 1.807) is 18.3 Å². The van der Waals surface area contributed by atoms with Gasteiger partial charge in [0.05, 0.1) is 11.5 Å². The fourth-order valence-corrected chi connectivity index (χ4v) is 2.40. The Morgan fingerprint density at radius 3 is 2.65 bits per heavy atom. The minimum atomic E-state index is -0.709. The van der Waals surface area contributed by atoms with Gasteiger partial charge in [-0.05, 0) is 30.7 Å². The summed E-state index contributed by atoms with van der Waals surface area (Å²) < 4.78 is 33.1. The number of rotatable bonds is 5. The molecule has 106 valence electrons. The molecule has 1 aromatic heterocycles. The molecule has 0 atom stereocenters. The maximum atomic E-state index is 13.8. The third-order valence-corrected chi connectivity index (χ3v) is 3.51. The summed E-state index contributed by atoms with van der Waals surface area (Å²) >= 11 is 0.885. The van der Waals surface area contributed by atoms with E-state index in [0.717, 1.165) is 30.3 Å². The maximum Gasteiger partial charge on any atom is 0.151 e. The first-order valence-corrected chi connectivity index (χ1v) is 6.93. The van der Waals surface area contributed by atoms with Crippen molar-refractivity contribution in [1.29, 1.82) is 0 Å². The van der Waals surface area contributed by atoms with E-state index in [-0.39, 0.29) is 10.6 Å². The molecule has 0 aliphatic rings. The zero-order valence-electron chi connectivity index (χ0n) is 10.9. The Morgan fingerprint density at radius 2 is 2.00 bits per heavy atom. The Kier molecular flexibility index (Phi) is 4.79. The van der Waals surface area contributed by atoms with Gasteiger partial charge in [0.25, 0.3) is 0 Å². The molecule has 20 heavy (non-hydrogen) atoms. The lowest BCUT2D eigenvalue weighted by molar-refractivity contribution is 0.307. The largest absolute Gasteiger partial charge is 0.491 e. The fourth-order valence-electron chi connectivity index (χ4n) is 1.55. The van der Waals surface area contributed by atoms with Crippen molar-refractivity contribution in [3.05, 3.63) is 42.1 Å². The zero-order valence-corrected chi connectivity index (χ0v) is 11.7. The van der Waals surface area contributed by atoms with E-state index >= 15 is 0 Å². The van der Waals surface area contributed by atoms with Crippen LogP contribution in [0.4, 0.5) is 14.5 Å². The summed E-state index contributed by atoms with van der Waals surface area (Å²) in [5.74, 6) is -0.908. The first-order valence-electron chi connectivity index (χ1n) is 6.12. The van der Waals surface area contributed by atoms with Crippen molar-refractivity contribution in [3.8, 4) is 5.75 Å². The standard InChI is InChI=1S/C14H14F2N2OS/c1-2-6-19-12-4-3-5-18-14(12)20-13-10(15)7-9(17)8-11(13)16/h3-5,7-8H,2,6,17H2,1H3. The molecule has 0 unspecified atom stereocenters. The number of nitrogen functional groups attached to an aromatic ring is 1. The molecule has 0 radical (unpaired) electrons. The van der Waals surface area contributed by atoms with Crippen LogP contribution in [0, 0.1) is 11.6 Å². The Labute approximate surface area is 120 Å². The second-order valence-corrected chi connectivity index (χ2v) is 5.07. The summed E-state index contributed by atoms with van der Waals surface area (Å²) in [6.45, 7) is 2.49. The van der Waals surface area contributed by atoms with Crippen LogP contribution in [0.3, 0.4) is 0 Å². The average molecular weight is 296 g/mol. The number of aromatic nitrogens is 1. The highest BCUT2D eigenvalue weighted by atomic mass is 32.2. The zero-order chi connectivity index (χ0) is 14.5. The summed E-state index contributed by atoms with van der Waals surface area (Å²) in [6.07, 6.45) is 2.39. The molecule has 0 fully saturated rings. The van der Waals surface area contributed by atoms with Gasteiger partial charge in [-0.1, -0.05) is 18.7 Å². The minimum Gasteiger partial charge on any atom is -0.491 e. The molecule has 2 N–H and O–H groups in total. The molecule has 1 heterocycles. The lowest BCUT2D eigenvalue weighted by Crippen LogP contribution is -1.98. The van der Waals surface area contributed by atoms with Gasteiger partial charge in [0, 0.05) is 11.9 Å². The number of anilines is 1. The van der Waals surface area contributed by atoms with Crippen molar-refractivity contribution in [2.45, 2.75) is 23.3 Å². The quantitative estimate of drug-likeness (QED) is 0.851. The van der Waals surface area contributed by atoms with Crippen LogP contribution in [-0.2, 0) is 0 Å². The van der Waals surface area contributed by atoms with Gasteiger partial charge in [-0.25, -0.2) is 13.8 Å². The first-order chi connectivity index (χ1) is 9.61. The molecular weight excluding hydrogens is 282 g/mol. The van der Waals surface area contributed by atoms with E-state index in [4.69, 9.17) is 10.5 Å². The number of hydrogen-bond donors (Lipinski definition) is 1. The highest BCUT2D eigenvalue weighted by Gasteiger charge is 2.15. The average Bonchev–Trinajstić information content (AvgIpc) is 2.41. The van der Waals surface area contributed by atoms with E-state index in [0.29, 0.717) is 17.4 Å². The summed E-state index contributed by atoms with van der Waals surface area (Å²) in [5.41, 5.74) is 5.44. The molecule has 0 aliphatic heterocycles. The Bertz CT molecular complexity index is 584. The van der Waals surface area contributed by atoms with Gasteiger partial charge in [0.15, 0.2) is 5.75 Å². The maximum absolute atomic E-state index is 13.8. The number of ether oxygens (including phenoxy) is 1. The van der Waals surface area contributed by atoms with E-state index in [1.165, 1.54) is 0 Å². The third kappa shape index (κ3) is 3.39. The van der Waals surface area contributed by atoms with Crippen LogP contribution in [0.2, 0.25) is 0 Å². The molecule has 0 spiro atoms. The smallest absolute Gasteiger partial charge is 0.151 e. The van der Waals surface area contributed by atoms with Gasteiger partial charge >= 0.3 is 0 Å². The van der Waals surface area contributed by atoms with Gasteiger partial charge in [0.2, 0.25) is 0 Å². The molecule has 2 aromatic rings. The molecule has 1 aromatic carbocycles. The van der Waals surface area contributed by atoms with Crippen molar-refractivity contribution in [1.82, 2.24) is 4.98 Å². The van der Waals surface area contributed by atoms with E-state index in [2.05, 4.69) is 4.98 Å². The van der Waals surface area contributed by atoms with Crippen molar-refractivity contribution in [3.63, 3.8) is 0 Å². The van der Waals surface area contributed by atoms with Crippen molar-refractivity contribution < 1.29 is 13.5 Å². The number of hydrogen-bond acceptors (Lipinski definition) is 4. The van der Waals surface area contributed by atoms with E-state index < -0.39 is 11.6 Å². The van der Waals surface area contributed by atoms with Gasteiger partial charge in [-0.15, -0.1) is 0 Å². The predicted molar refractivity (Wildman–Crippen MR) is 74.9 cm³/mol. The minimum absolute atomic E-state index is 0.0489. The first kappa shape index (κ1) is 14.6. The lowest BCUT2D eigenvalue weighted by atomic mass is 10.3. The predicted octanol–water partition coefficient (Wildman–Crippen LogP) is 3.88. The normalized spacial score (nSPS) is 10.6. The van der Waals surface area contributed by atoms with Crippen LogP contribution in [0.1, 0.15) is 13.3 Å². The molecule has 0 aliphatic carbocycles. The van der Waals surface area contributed by atoms with Crippen LogP contribution >= 0.6 is 11.8 Å². The molecule has 2 rings (SSSR count). The van der Waals surface area contributed by atoms with Gasteiger partial charge in [0.1, 0.15) is 16.7 Å². The molecule has 0 saturated carbocycles. The topological polar surface area (TPSA) is 48.1 Å². The second kappa shape index (κ2) is 6.56. The highest BCUT2D eigenvalue weighted by Crippen LogP contribution is 2.36. The van der Waals surface area contributed by atoms with Crippen LogP contribution < -0.4 is 10.5 Å². The summed E-state index contributed by atoms with van der Waals surface area (Å²) in [6, 6.07) is 5.60.